The predicted octanol–water partition coefficient (Wildman–Crippen LogP) is 2.14. The second-order valence-corrected chi connectivity index (χ2v) is 5.74. The van der Waals surface area contributed by atoms with E-state index in [1.54, 1.807) is 0 Å². The highest BCUT2D eigenvalue weighted by Gasteiger charge is 2.23. The largest absolute Gasteiger partial charge is 0.488 e. The molecule has 4 nitrogen and oxygen atoms in total. The van der Waals surface area contributed by atoms with Crippen LogP contribution in [0.25, 0.3) is 0 Å². The molecule has 1 aliphatic heterocycles. The van der Waals surface area contributed by atoms with Gasteiger partial charge < -0.3 is 10.1 Å². The Morgan fingerprint density at radius 2 is 2.15 bits per heavy atom. The molecular formula is C16H19N3O. The molecule has 0 spiro atoms. The molecule has 4 heteroatoms. The maximum atomic E-state index is 5.95. The number of para-hydroxylation sites is 1. The first-order chi connectivity index (χ1) is 9.87. The Morgan fingerprint density at radius 3 is 3.00 bits per heavy atom. The summed E-state index contributed by atoms with van der Waals surface area (Å²) >= 11 is 0. The standard InChI is InChI=1S/C16H19N3O/c1-2-4-16-12(3-1)9-15(20-16)11-19-8-7-14(18-19)10-17-13-5-6-13/h1-4,7-8,13,15,17H,5-6,9-11H2. The summed E-state index contributed by atoms with van der Waals surface area (Å²) in [5.74, 6) is 1.03. The van der Waals surface area contributed by atoms with E-state index in [4.69, 9.17) is 4.74 Å². The van der Waals surface area contributed by atoms with Gasteiger partial charge in [-0.25, -0.2) is 0 Å². The Morgan fingerprint density at radius 1 is 1.25 bits per heavy atom. The molecule has 0 saturated heterocycles. The van der Waals surface area contributed by atoms with E-state index in [-0.39, 0.29) is 6.10 Å². The summed E-state index contributed by atoms with van der Waals surface area (Å²) < 4.78 is 7.95. The van der Waals surface area contributed by atoms with E-state index in [2.05, 4.69) is 34.8 Å². The Bertz CT molecular complexity index is 578. The van der Waals surface area contributed by atoms with Gasteiger partial charge in [0.1, 0.15) is 11.9 Å². The highest BCUT2D eigenvalue weighted by molar-refractivity contribution is 5.37. The number of ether oxygens (including phenoxy) is 1. The van der Waals surface area contributed by atoms with Crippen LogP contribution >= 0.6 is 0 Å². The molecule has 2 heterocycles. The van der Waals surface area contributed by atoms with E-state index in [1.165, 1.54) is 18.4 Å². The average molecular weight is 269 g/mol. The van der Waals surface area contributed by atoms with Crippen LogP contribution in [0.1, 0.15) is 24.1 Å². The van der Waals surface area contributed by atoms with Gasteiger partial charge in [0.2, 0.25) is 0 Å². The normalized spacial score (nSPS) is 20.7. The fourth-order valence-electron chi connectivity index (χ4n) is 2.70. The van der Waals surface area contributed by atoms with Crippen LogP contribution in [0.2, 0.25) is 0 Å². The second kappa shape index (κ2) is 4.94. The summed E-state index contributed by atoms with van der Waals surface area (Å²) in [4.78, 5) is 0. The third-order valence-corrected chi connectivity index (χ3v) is 3.95. The van der Waals surface area contributed by atoms with Crippen LogP contribution in [0.4, 0.5) is 0 Å². The Hall–Kier alpha value is -1.81. The fraction of sp³-hybridized carbons (Fsp3) is 0.438. The predicted molar refractivity (Wildman–Crippen MR) is 76.7 cm³/mol. The highest BCUT2D eigenvalue weighted by Crippen LogP contribution is 2.28. The minimum atomic E-state index is 0.205. The number of rotatable bonds is 5. The average Bonchev–Trinajstić information content (AvgIpc) is 3.04. The maximum Gasteiger partial charge on any atom is 0.123 e. The minimum Gasteiger partial charge on any atom is -0.488 e. The van der Waals surface area contributed by atoms with E-state index in [1.807, 2.05) is 16.8 Å². The molecule has 0 amide bonds. The zero-order valence-electron chi connectivity index (χ0n) is 11.5. The highest BCUT2D eigenvalue weighted by atomic mass is 16.5. The van der Waals surface area contributed by atoms with Crippen molar-refractivity contribution in [2.45, 2.75) is 44.5 Å². The van der Waals surface area contributed by atoms with Gasteiger partial charge in [0, 0.05) is 25.2 Å². The van der Waals surface area contributed by atoms with Gasteiger partial charge in [-0.3, -0.25) is 4.68 Å². The summed E-state index contributed by atoms with van der Waals surface area (Å²) in [7, 11) is 0. The van der Waals surface area contributed by atoms with E-state index in [9.17, 15) is 0 Å². The Balaban J connectivity index is 1.35. The molecule has 2 aromatic rings. The molecule has 4 rings (SSSR count). The molecule has 1 aromatic carbocycles. The lowest BCUT2D eigenvalue weighted by atomic mass is 10.1. The first kappa shape index (κ1) is 12.0. The molecule has 1 saturated carbocycles. The minimum absolute atomic E-state index is 0.205. The number of nitrogens with zero attached hydrogens (tertiary/aromatic N) is 2. The van der Waals surface area contributed by atoms with Crippen LogP contribution < -0.4 is 10.1 Å². The van der Waals surface area contributed by atoms with Crippen LogP contribution in [0, 0.1) is 0 Å². The molecule has 20 heavy (non-hydrogen) atoms. The van der Waals surface area contributed by atoms with Crippen molar-refractivity contribution in [2.75, 3.05) is 0 Å². The zero-order chi connectivity index (χ0) is 13.4. The van der Waals surface area contributed by atoms with Gasteiger partial charge in [0.15, 0.2) is 0 Å². The van der Waals surface area contributed by atoms with E-state index >= 15 is 0 Å². The van der Waals surface area contributed by atoms with Gasteiger partial charge in [-0.05, 0) is 30.5 Å². The van der Waals surface area contributed by atoms with Crippen molar-refractivity contribution in [2.24, 2.45) is 0 Å². The lowest BCUT2D eigenvalue weighted by Gasteiger charge is -2.10. The number of nitrogens with one attached hydrogen (secondary N) is 1. The van der Waals surface area contributed by atoms with Crippen molar-refractivity contribution in [1.82, 2.24) is 15.1 Å². The van der Waals surface area contributed by atoms with Crippen molar-refractivity contribution < 1.29 is 4.74 Å². The monoisotopic (exact) mass is 269 g/mol. The van der Waals surface area contributed by atoms with Crippen molar-refractivity contribution >= 4 is 0 Å². The Labute approximate surface area is 118 Å². The molecular weight excluding hydrogens is 250 g/mol. The van der Waals surface area contributed by atoms with Gasteiger partial charge in [-0.15, -0.1) is 0 Å². The number of benzene rings is 1. The zero-order valence-corrected chi connectivity index (χ0v) is 11.5. The third-order valence-electron chi connectivity index (χ3n) is 3.95. The smallest absolute Gasteiger partial charge is 0.123 e. The lowest BCUT2D eigenvalue weighted by molar-refractivity contribution is 0.203. The molecule has 2 aliphatic rings. The molecule has 0 bridgehead atoms. The summed E-state index contributed by atoms with van der Waals surface area (Å²) in [6.07, 6.45) is 5.86. The molecule has 1 N–H and O–H groups in total. The fourth-order valence-corrected chi connectivity index (χ4v) is 2.70. The van der Waals surface area contributed by atoms with Gasteiger partial charge in [0.05, 0.1) is 12.2 Å². The summed E-state index contributed by atoms with van der Waals surface area (Å²) in [5.41, 5.74) is 2.42. The number of hydrogen-bond donors (Lipinski definition) is 1. The SMILES string of the molecule is c1ccc2c(c1)CC(Cn1ccc(CNC3CC3)n1)O2. The molecule has 1 fully saturated rings. The summed E-state index contributed by atoms with van der Waals surface area (Å²) in [6.45, 7) is 1.70. The second-order valence-electron chi connectivity index (χ2n) is 5.74. The van der Waals surface area contributed by atoms with Gasteiger partial charge in [0.25, 0.3) is 0 Å². The van der Waals surface area contributed by atoms with E-state index in [0.29, 0.717) is 0 Å². The molecule has 1 unspecified atom stereocenters. The van der Waals surface area contributed by atoms with Crippen molar-refractivity contribution in [1.29, 1.82) is 0 Å². The summed E-state index contributed by atoms with van der Waals surface area (Å²) in [5, 5.41) is 8.10. The van der Waals surface area contributed by atoms with Gasteiger partial charge >= 0.3 is 0 Å². The van der Waals surface area contributed by atoms with Crippen molar-refractivity contribution in [3.05, 3.63) is 47.8 Å². The van der Waals surface area contributed by atoms with E-state index in [0.717, 1.165) is 37.0 Å². The number of hydrogen-bond acceptors (Lipinski definition) is 3. The van der Waals surface area contributed by atoms with Crippen molar-refractivity contribution in [3.63, 3.8) is 0 Å². The first-order valence-corrected chi connectivity index (χ1v) is 7.37. The van der Waals surface area contributed by atoms with E-state index < -0.39 is 0 Å². The van der Waals surface area contributed by atoms with Crippen molar-refractivity contribution in [3.8, 4) is 5.75 Å². The van der Waals surface area contributed by atoms with Gasteiger partial charge in [-0.1, -0.05) is 18.2 Å². The van der Waals surface area contributed by atoms with Crippen LogP contribution in [-0.4, -0.2) is 21.9 Å². The molecule has 0 radical (unpaired) electrons. The quantitative estimate of drug-likeness (QED) is 0.904. The van der Waals surface area contributed by atoms with Crippen LogP contribution in [0.5, 0.6) is 5.75 Å². The molecule has 104 valence electrons. The molecule has 1 aromatic heterocycles. The number of fused-ring (bicyclic) bond motifs is 1. The van der Waals surface area contributed by atoms with Gasteiger partial charge in [-0.2, -0.15) is 5.10 Å². The van der Waals surface area contributed by atoms with Crippen LogP contribution in [-0.2, 0) is 19.5 Å². The lowest BCUT2D eigenvalue weighted by Crippen LogP contribution is -2.21. The van der Waals surface area contributed by atoms with Crippen LogP contribution in [0.3, 0.4) is 0 Å². The number of aromatic nitrogens is 2. The van der Waals surface area contributed by atoms with Crippen LogP contribution in [0.15, 0.2) is 36.5 Å². The molecule has 1 aliphatic carbocycles. The third kappa shape index (κ3) is 2.56. The first-order valence-electron chi connectivity index (χ1n) is 7.37. The molecule has 1 atom stereocenters. The topological polar surface area (TPSA) is 39.1 Å². The maximum absolute atomic E-state index is 5.95. The summed E-state index contributed by atoms with van der Waals surface area (Å²) in [6, 6.07) is 11.1. The Kier molecular flexibility index (Phi) is 2.96.